The molecule has 2 rings (SSSR count). The topological polar surface area (TPSA) is 25.2 Å². The first kappa shape index (κ1) is 12.2. The van der Waals surface area contributed by atoms with Gasteiger partial charge in [-0.1, -0.05) is 45.9 Å². The van der Waals surface area contributed by atoms with Crippen molar-refractivity contribution in [2.24, 2.45) is 5.41 Å². The predicted molar refractivity (Wildman–Crippen MR) is 72.1 cm³/mol. The Balaban J connectivity index is 2.42. The van der Waals surface area contributed by atoms with Gasteiger partial charge in [-0.25, -0.2) is 0 Å². The summed E-state index contributed by atoms with van der Waals surface area (Å²) >= 11 is 0. The molecule has 0 saturated heterocycles. The van der Waals surface area contributed by atoms with Crippen LogP contribution in [0.2, 0.25) is 0 Å². The molecule has 1 aromatic heterocycles. The lowest BCUT2D eigenvalue weighted by molar-refractivity contribution is 0.244. The van der Waals surface area contributed by atoms with E-state index >= 15 is 0 Å². The van der Waals surface area contributed by atoms with E-state index in [1.165, 1.54) is 5.39 Å². The Labute approximate surface area is 103 Å². The predicted octanol–water partition coefficient (Wildman–Crippen LogP) is 4.13. The summed E-state index contributed by atoms with van der Waals surface area (Å²) in [5.41, 5.74) is 1.11. The van der Waals surface area contributed by atoms with Crippen LogP contribution in [0.4, 0.5) is 0 Å². The van der Waals surface area contributed by atoms with Gasteiger partial charge in [-0.05, 0) is 24.1 Å². The molecule has 0 saturated carbocycles. The molecule has 1 aromatic carbocycles. The minimum atomic E-state index is 0.143. The minimum absolute atomic E-state index is 0.143. The Hall–Kier alpha value is -1.28. The maximum atomic E-state index is 5.95. The standard InChI is InChI=1S/C15H21NO/c1-5-16-14(15(2,3)4)13-10-11-8-6-7-9-12(11)17-13/h6-10,14,16H,5H2,1-4H3. The van der Waals surface area contributed by atoms with Crippen molar-refractivity contribution in [2.75, 3.05) is 6.54 Å². The van der Waals surface area contributed by atoms with E-state index in [-0.39, 0.29) is 11.5 Å². The molecule has 0 fully saturated rings. The van der Waals surface area contributed by atoms with Gasteiger partial charge in [-0.3, -0.25) is 0 Å². The summed E-state index contributed by atoms with van der Waals surface area (Å²) in [7, 11) is 0. The third kappa shape index (κ3) is 2.52. The smallest absolute Gasteiger partial charge is 0.134 e. The molecule has 92 valence electrons. The van der Waals surface area contributed by atoms with Gasteiger partial charge in [0.2, 0.25) is 0 Å². The highest BCUT2D eigenvalue weighted by molar-refractivity contribution is 5.77. The molecule has 0 radical (unpaired) electrons. The van der Waals surface area contributed by atoms with Crippen LogP contribution in [0.3, 0.4) is 0 Å². The number of fused-ring (bicyclic) bond motifs is 1. The van der Waals surface area contributed by atoms with Crippen molar-refractivity contribution in [3.63, 3.8) is 0 Å². The number of hydrogen-bond acceptors (Lipinski definition) is 2. The Morgan fingerprint density at radius 1 is 1.24 bits per heavy atom. The van der Waals surface area contributed by atoms with Gasteiger partial charge in [0.15, 0.2) is 0 Å². The van der Waals surface area contributed by atoms with E-state index in [0.29, 0.717) is 0 Å². The molecule has 2 aromatic rings. The van der Waals surface area contributed by atoms with Gasteiger partial charge in [-0.15, -0.1) is 0 Å². The molecule has 1 atom stereocenters. The maximum Gasteiger partial charge on any atom is 0.134 e. The first-order chi connectivity index (χ1) is 8.02. The Morgan fingerprint density at radius 2 is 1.94 bits per heavy atom. The second-order valence-corrected chi connectivity index (χ2v) is 5.54. The summed E-state index contributed by atoms with van der Waals surface area (Å²) in [5, 5.41) is 4.68. The van der Waals surface area contributed by atoms with Crippen molar-refractivity contribution in [3.8, 4) is 0 Å². The van der Waals surface area contributed by atoms with Crippen molar-refractivity contribution in [2.45, 2.75) is 33.7 Å². The fourth-order valence-electron chi connectivity index (χ4n) is 2.18. The molecule has 0 aliphatic heterocycles. The molecular weight excluding hydrogens is 210 g/mol. The van der Waals surface area contributed by atoms with Gasteiger partial charge in [0.1, 0.15) is 11.3 Å². The zero-order valence-corrected chi connectivity index (χ0v) is 11.1. The van der Waals surface area contributed by atoms with Crippen LogP contribution in [0.25, 0.3) is 11.0 Å². The van der Waals surface area contributed by atoms with Crippen molar-refractivity contribution >= 4 is 11.0 Å². The van der Waals surface area contributed by atoms with Crippen molar-refractivity contribution in [3.05, 3.63) is 36.1 Å². The highest BCUT2D eigenvalue weighted by Crippen LogP contribution is 2.35. The maximum absolute atomic E-state index is 5.95. The average Bonchev–Trinajstić information content (AvgIpc) is 2.67. The van der Waals surface area contributed by atoms with E-state index in [4.69, 9.17) is 4.42 Å². The van der Waals surface area contributed by atoms with E-state index in [9.17, 15) is 0 Å². The van der Waals surface area contributed by atoms with E-state index in [0.717, 1.165) is 17.9 Å². The van der Waals surface area contributed by atoms with E-state index < -0.39 is 0 Å². The summed E-state index contributed by atoms with van der Waals surface area (Å²) in [6.07, 6.45) is 0. The second kappa shape index (κ2) is 4.53. The zero-order valence-electron chi connectivity index (χ0n) is 11.1. The van der Waals surface area contributed by atoms with Crippen molar-refractivity contribution < 1.29 is 4.42 Å². The van der Waals surface area contributed by atoms with Crippen LogP contribution in [0.1, 0.15) is 39.5 Å². The van der Waals surface area contributed by atoms with Crippen LogP contribution < -0.4 is 5.32 Å². The van der Waals surface area contributed by atoms with Crippen molar-refractivity contribution in [1.29, 1.82) is 0 Å². The number of furan rings is 1. The first-order valence-electron chi connectivity index (χ1n) is 6.24. The monoisotopic (exact) mass is 231 g/mol. The average molecular weight is 231 g/mol. The number of benzene rings is 1. The van der Waals surface area contributed by atoms with Crippen LogP contribution in [0, 0.1) is 5.41 Å². The van der Waals surface area contributed by atoms with Crippen LogP contribution in [-0.2, 0) is 0 Å². The Kier molecular flexibility index (Phi) is 3.25. The lowest BCUT2D eigenvalue weighted by Gasteiger charge is -2.29. The summed E-state index contributed by atoms with van der Waals surface area (Å²) < 4.78 is 5.95. The van der Waals surface area contributed by atoms with E-state index in [1.54, 1.807) is 0 Å². The highest BCUT2D eigenvalue weighted by atomic mass is 16.3. The Morgan fingerprint density at radius 3 is 2.53 bits per heavy atom. The molecule has 0 aliphatic rings. The molecule has 17 heavy (non-hydrogen) atoms. The number of para-hydroxylation sites is 1. The zero-order chi connectivity index (χ0) is 12.5. The van der Waals surface area contributed by atoms with Crippen LogP contribution in [0.5, 0.6) is 0 Å². The molecule has 1 heterocycles. The molecule has 0 bridgehead atoms. The van der Waals surface area contributed by atoms with Gasteiger partial charge in [0, 0.05) is 5.39 Å². The number of rotatable bonds is 3. The van der Waals surface area contributed by atoms with Crippen LogP contribution >= 0.6 is 0 Å². The molecule has 1 unspecified atom stereocenters. The lowest BCUT2D eigenvalue weighted by atomic mass is 9.85. The number of hydrogen-bond donors (Lipinski definition) is 1. The van der Waals surface area contributed by atoms with Gasteiger partial charge >= 0.3 is 0 Å². The molecule has 0 spiro atoms. The normalized spacial score (nSPS) is 14.1. The Bertz CT molecular complexity index is 460. The third-order valence-electron chi connectivity index (χ3n) is 3.00. The third-order valence-corrected chi connectivity index (χ3v) is 3.00. The molecule has 1 N–H and O–H groups in total. The van der Waals surface area contributed by atoms with Gasteiger partial charge < -0.3 is 9.73 Å². The van der Waals surface area contributed by atoms with E-state index in [2.05, 4.69) is 45.1 Å². The van der Waals surface area contributed by atoms with Gasteiger partial charge in [0.05, 0.1) is 6.04 Å². The lowest BCUT2D eigenvalue weighted by Crippen LogP contribution is -2.31. The van der Waals surface area contributed by atoms with Crippen molar-refractivity contribution in [1.82, 2.24) is 5.32 Å². The van der Waals surface area contributed by atoms with Gasteiger partial charge in [0.25, 0.3) is 0 Å². The fourth-order valence-corrected chi connectivity index (χ4v) is 2.18. The molecule has 0 aliphatic carbocycles. The number of nitrogens with one attached hydrogen (secondary N) is 1. The summed E-state index contributed by atoms with van der Waals surface area (Å²) in [6.45, 7) is 9.76. The van der Waals surface area contributed by atoms with E-state index in [1.807, 2.05) is 18.2 Å². The molecule has 2 heteroatoms. The first-order valence-corrected chi connectivity index (χ1v) is 6.24. The van der Waals surface area contributed by atoms with Gasteiger partial charge in [-0.2, -0.15) is 0 Å². The largest absolute Gasteiger partial charge is 0.459 e. The molecular formula is C15H21NO. The summed E-state index contributed by atoms with van der Waals surface area (Å²) in [6, 6.07) is 10.6. The minimum Gasteiger partial charge on any atom is -0.459 e. The fraction of sp³-hybridized carbons (Fsp3) is 0.467. The molecule has 0 amide bonds. The SMILES string of the molecule is CCNC(c1cc2ccccc2o1)C(C)(C)C. The quantitative estimate of drug-likeness (QED) is 0.859. The highest BCUT2D eigenvalue weighted by Gasteiger charge is 2.28. The van der Waals surface area contributed by atoms with Crippen LogP contribution in [0.15, 0.2) is 34.7 Å². The second-order valence-electron chi connectivity index (χ2n) is 5.54. The summed E-state index contributed by atoms with van der Waals surface area (Å²) in [4.78, 5) is 0. The molecule has 2 nitrogen and oxygen atoms in total. The summed E-state index contributed by atoms with van der Waals surface area (Å²) in [5.74, 6) is 1.03. The van der Waals surface area contributed by atoms with Crippen LogP contribution in [-0.4, -0.2) is 6.54 Å².